The number of hydrogen-bond acceptors (Lipinski definition) is 2. The van der Waals surface area contributed by atoms with Crippen LogP contribution < -0.4 is 4.74 Å². The van der Waals surface area contributed by atoms with E-state index in [1.807, 2.05) is 43.3 Å². The molecule has 0 spiro atoms. The zero-order chi connectivity index (χ0) is 14.0. The van der Waals surface area contributed by atoms with Gasteiger partial charge in [0.05, 0.1) is 7.11 Å². The fourth-order valence-electron chi connectivity index (χ4n) is 2.20. The van der Waals surface area contributed by atoms with Gasteiger partial charge in [0, 0.05) is 0 Å². The maximum absolute atomic E-state index is 10.5. The largest absolute Gasteiger partial charge is 0.496 e. The minimum Gasteiger partial charge on any atom is -0.496 e. The fraction of sp³-hybridized carbons (Fsp3) is 0.294. The predicted molar refractivity (Wildman–Crippen MR) is 77.7 cm³/mol. The smallest absolute Gasteiger partial charge is 0.121 e. The van der Waals surface area contributed by atoms with Crippen LogP contribution in [0.15, 0.2) is 36.4 Å². The standard InChI is InChI=1S/C17H20O2/c1-11-5-6-14(9-12(11)2)17(18)15-7-8-16(19-4)13(3)10-15/h5-10,17-18H,1-4H3. The molecule has 0 amide bonds. The molecule has 1 unspecified atom stereocenters. The lowest BCUT2D eigenvalue weighted by molar-refractivity contribution is 0.220. The van der Waals surface area contributed by atoms with E-state index in [0.717, 1.165) is 22.4 Å². The zero-order valence-electron chi connectivity index (χ0n) is 11.9. The summed E-state index contributed by atoms with van der Waals surface area (Å²) in [6, 6.07) is 11.8. The number of aryl methyl sites for hydroxylation is 3. The Labute approximate surface area is 114 Å². The maximum Gasteiger partial charge on any atom is 0.121 e. The van der Waals surface area contributed by atoms with E-state index >= 15 is 0 Å². The summed E-state index contributed by atoms with van der Waals surface area (Å²) < 4.78 is 5.24. The second kappa shape index (κ2) is 5.45. The van der Waals surface area contributed by atoms with Gasteiger partial charge in [-0.25, -0.2) is 0 Å². The summed E-state index contributed by atoms with van der Waals surface area (Å²) in [5.74, 6) is 0.844. The summed E-state index contributed by atoms with van der Waals surface area (Å²) >= 11 is 0. The summed E-state index contributed by atoms with van der Waals surface area (Å²) in [4.78, 5) is 0. The summed E-state index contributed by atoms with van der Waals surface area (Å²) in [7, 11) is 1.65. The van der Waals surface area contributed by atoms with Gasteiger partial charge in [-0.3, -0.25) is 0 Å². The number of benzene rings is 2. The Balaban J connectivity index is 2.35. The van der Waals surface area contributed by atoms with Crippen LogP contribution >= 0.6 is 0 Å². The zero-order valence-corrected chi connectivity index (χ0v) is 11.9. The van der Waals surface area contributed by atoms with E-state index in [1.54, 1.807) is 7.11 Å². The lowest BCUT2D eigenvalue weighted by Gasteiger charge is -2.15. The van der Waals surface area contributed by atoms with Gasteiger partial charge in [0.15, 0.2) is 0 Å². The van der Waals surface area contributed by atoms with Crippen molar-refractivity contribution >= 4 is 0 Å². The number of aliphatic hydroxyl groups is 1. The maximum atomic E-state index is 10.5. The molecule has 19 heavy (non-hydrogen) atoms. The molecule has 2 heteroatoms. The van der Waals surface area contributed by atoms with Crippen LogP contribution in [0.25, 0.3) is 0 Å². The molecule has 2 rings (SSSR count). The van der Waals surface area contributed by atoms with Gasteiger partial charge in [-0.2, -0.15) is 0 Å². The van der Waals surface area contributed by atoms with E-state index in [2.05, 4.69) is 13.8 Å². The topological polar surface area (TPSA) is 29.5 Å². The molecule has 2 aromatic carbocycles. The molecule has 0 bridgehead atoms. The van der Waals surface area contributed by atoms with E-state index in [-0.39, 0.29) is 0 Å². The van der Waals surface area contributed by atoms with Gasteiger partial charge in [-0.05, 0) is 60.7 Å². The van der Waals surface area contributed by atoms with Crippen LogP contribution in [0, 0.1) is 20.8 Å². The molecule has 2 aromatic rings. The Morgan fingerprint density at radius 3 is 1.95 bits per heavy atom. The molecule has 0 heterocycles. The summed E-state index contributed by atoms with van der Waals surface area (Å²) in [5, 5.41) is 10.5. The monoisotopic (exact) mass is 256 g/mol. The van der Waals surface area contributed by atoms with E-state index < -0.39 is 6.10 Å². The highest BCUT2D eigenvalue weighted by Gasteiger charge is 2.12. The van der Waals surface area contributed by atoms with Crippen molar-refractivity contribution in [2.75, 3.05) is 7.11 Å². The molecule has 0 saturated heterocycles. The van der Waals surface area contributed by atoms with Crippen molar-refractivity contribution < 1.29 is 9.84 Å². The minimum atomic E-state index is -0.594. The van der Waals surface area contributed by atoms with Gasteiger partial charge in [0.25, 0.3) is 0 Å². The normalized spacial score (nSPS) is 12.3. The SMILES string of the molecule is COc1ccc(C(O)c2ccc(C)c(C)c2)cc1C. The van der Waals surface area contributed by atoms with Gasteiger partial charge >= 0.3 is 0 Å². The van der Waals surface area contributed by atoms with E-state index in [0.29, 0.717) is 0 Å². The molecule has 100 valence electrons. The third-order valence-corrected chi connectivity index (χ3v) is 3.58. The van der Waals surface area contributed by atoms with Crippen LogP contribution in [-0.2, 0) is 0 Å². The van der Waals surface area contributed by atoms with Crippen LogP contribution in [0.4, 0.5) is 0 Å². The van der Waals surface area contributed by atoms with Crippen LogP contribution in [-0.4, -0.2) is 12.2 Å². The highest BCUT2D eigenvalue weighted by Crippen LogP contribution is 2.27. The minimum absolute atomic E-state index is 0.594. The quantitative estimate of drug-likeness (QED) is 0.907. The Hall–Kier alpha value is -1.80. The second-order valence-corrected chi connectivity index (χ2v) is 4.98. The van der Waals surface area contributed by atoms with Gasteiger partial charge in [0.1, 0.15) is 11.9 Å². The van der Waals surface area contributed by atoms with Crippen molar-refractivity contribution in [1.29, 1.82) is 0 Å². The van der Waals surface area contributed by atoms with Gasteiger partial charge in [0.2, 0.25) is 0 Å². The lowest BCUT2D eigenvalue weighted by atomic mass is 9.97. The highest BCUT2D eigenvalue weighted by atomic mass is 16.5. The van der Waals surface area contributed by atoms with Crippen molar-refractivity contribution in [2.24, 2.45) is 0 Å². The Kier molecular flexibility index (Phi) is 3.91. The first kappa shape index (κ1) is 13.6. The van der Waals surface area contributed by atoms with Crippen molar-refractivity contribution in [3.05, 3.63) is 64.2 Å². The number of hydrogen-bond donors (Lipinski definition) is 1. The molecule has 0 saturated carbocycles. The van der Waals surface area contributed by atoms with Crippen molar-refractivity contribution in [3.8, 4) is 5.75 Å². The first-order valence-corrected chi connectivity index (χ1v) is 6.42. The molecule has 1 atom stereocenters. The highest BCUT2D eigenvalue weighted by molar-refractivity contribution is 5.41. The third-order valence-electron chi connectivity index (χ3n) is 3.58. The van der Waals surface area contributed by atoms with E-state index in [1.165, 1.54) is 11.1 Å². The van der Waals surface area contributed by atoms with Crippen molar-refractivity contribution in [1.82, 2.24) is 0 Å². The third kappa shape index (κ3) is 2.79. The summed E-state index contributed by atoms with van der Waals surface area (Å²) in [6.07, 6.45) is -0.594. The average Bonchev–Trinajstić information content (AvgIpc) is 2.41. The second-order valence-electron chi connectivity index (χ2n) is 4.98. The van der Waals surface area contributed by atoms with Crippen LogP contribution in [0.3, 0.4) is 0 Å². The Morgan fingerprint density at radius 1 is 0.842 bits per heavy atom. The van der Waals surface area contributed by atoms with E-state index in [4.69, 9.17) is 4.74 Å². The van der Waals surface area contributed by atoms with Gasteiger partial charge < -0.3 is 9.84 Å². The Morgan fingerprint density at radius 2 is 1.42 bits per heavy atom. The van der Waals surface area contributed by atoms with Crippen LogP contribution in [0.1, 0.15) is 33.9 Å². The van der Waals surface area contributed by atoms with Crippen molar-refractivity contribution in [2.45, 2.75) is 26.9 Å². The van der Waals surface area contributed by atoms with Crippen LogP contribution in [0.2, 0.25) is 0 Å². The number of aliphatic hydroxyl groups excluding tert-OH is 1. The molecule has 0 aromatic heterocycles. The van der Waals surface area contributed by atoms with Gasteiger partial charge in [-0.15, -0.1) is 0 Å². The molecule has 2 nitrogen and oxygen atoms in total. The number of ether oxygens (including phenoxy) is 1. The number of methoxy groups -OCH3 is 1. The molecule has 0 aliphatic heterocycles. The summed E-state index contributed by atoms with van der Waals surface area (Å²) in [6.45, 7) is 6.11. The van der Waals surface area contributed by atoms with Crippen molar-refractivity contribution in [3.63, 3.8) is 0 Å². The van der Waals surface area contributed by atoms with E-state index in [9.17, 15) is 5.11 Å². The number of rotatable bonds is 3. The first-order valence-electron chi connectivity index (χ1n) is 6.42. The molecule has 1 N–H and O–H groups in total. The van der Waals surface area contributed by atoms with Crippen LogP contribution in [0.5, 0.6) is 5.75 Å². The molecular formula is C17H20O2. The summed E-state index contributed by atoms with van der Waals surface area (Å²) in [5.41, 5.74) is 5.28. The molecule has 0 radical (unpaired) electrons. The first-order chi connectivity index (χ1) is 9.02. The average molecular weight is 256 g/mol. The molecular weight excluding hydrogens is 236 g/mol. The molecule has 0 fully saturated rings. The molecule has 0 aliphatic rings. The predicted octanol–water partition coefficient (Wildman–Crippen LogP) is 3.70. The Bertz CT molecular complexity index is 588. The van der Waals surface area contributed by atoms with Gasteiger partial charge in [-0.1, -0.05) is 24.3 Å². The fourth-order valence-corrected chi connectivity index (χ4v) is 2.20. The molecule has 0 aliphatic carbocycles. The lowest BCUT2D eigenvalue weighted by Crippen LogP contribution is -2.01.